The number of carbonyl (C=O) groups is 5. The van der Waals surface area contributed by atoms with Crippen molar-refractivity contribution in [3.63, 3.8) is 0 Å². The number of halogens is 1. The van der Waals surface area contributed by atoms with Crippen molar-refractivity contribution in [2.75, 3.05) is 49.1 Å². The third kappa shape index (κ3) is 7.66. The minimum Gasteiger partial charge on any atom is -0.490 e. The van der Waals surface area contributed by atoms with Gasteiger partial charge in [-0.3, -0.25) is 39.1 Å². The van der Waals surface area contributed by atoms with Gasteiger partial charge in [-0.15, -0.1) is 16.6 Å². The van der Waals surface area contributed by atoms with Gasteiger partial charge < -0.3 is 19.9 Å². The maximum Gasteiger partial charge on any atom is 0.272 e. The summed E-state index contributed by atoms with van der Waals surface area (Å²) in [5, 5.41) is 14.5. The zero-order valence-corrected chi connectivity index (χ0v) is 31.7. The Hall–Kier alpha value is -5.52. The van der Waals surface area contributed by atoms with E-state index in [0.717, 1.165) is 94.2 Å². The van der Waals surface area contributed by atoms with Gasteiger partial charge in [0.05, 0.1) is 22.3 Å². The number of piperazine rings is 1. The average Bonchev–Trinajstić information content (AvgIpc) is 3.46. The van der Waals surface area contributed by atoms with Crippen LogP contribution in [0.3, 0.4) is 0 Å². The number of fused-ring (bicyclic) bond motifs is 1. The van der Waals surface area contributed by atoms with E-state index >= 15 is 0 Å². The molecule has 8 rings (SSSR count). The van der Waals surface area contributed by atoms with Gasteiger partial charge in [0, 0.05) is 75.1 Å². The van der Waals surface area contributed by atoms with E-state index in [1.165, 1.54) is 0 Å². The highest BCUT2D eigenvalue weighted by Crippen LogP contribution is 2.33. The Bertz CT molecular complexity index is 2080. The fraction of sp³-hybridized carbons (Fsp3) is 0.439. The Morgan fingerprint density at radius 1 is 0.821 bits per heavy atom. The number of amides is 5. The van der Waals surface area contributed by atoms with Gasteiger partial charge in [0.15, 0.2) is 11.5 Å². The number of terminal acetylenes is 1. The van der Waals surface area contributed by atoms with Crippen LogP contribution in [0.1, 0.15) is 88.1 Å². The molecule has 5 amide bonds. The second kappa shape index (κ2) is 15.9. The van der Waals surface area contributed by atoms with Crippen LogP contribution in [0.2, 0.25) is 5.02 Å². The van der Waals surface area contributed by atoms with Crippen LogP contribution in [0, 0.1) is 12.3 Å². The highest BCUT2D eigenvalue weighted by molar-refractivity contribution is 6.31. The van der Waals surface area contributed by atoms with E-state index in [1.54, 1.807) is 30.3 Å². The Labute approximate surface area is 329 Å². The zero-order chi connectivity index (χ0) is 38.9. The number of hydrogen-bond donors (Lipinski definition) is 2. The second-order valence-electron chi connectivity index (χ2n) is 15.0. The van der Waals surface area contributed by atoms with E-state index < -0.39 is 29.7 Å². The van der Waals surface area contributed by atoms with Crippen LogP contribution in [-0.2, 0) is 9.59 Å². The lowest BCUT2D eigenvalue weighted by atomic mass is 9.93. The maximum absolute atomic E-state index is 13.3. The summed E-state index contributed by atoms with van der Waals surface area (Å²) in [6.45, 7) is 4.99. The summed E-state index contributed by atoms with van der Waals surface area (Å²) in [4.78, 5) is 71.5. The standard InChI is InChI=1S/C41H43ClN8O6/c1-2-25-3-7-30(24-33(25)42)56-29-8-4-26(5-9-29)43-38(52)34-11-13-36(46-45-34)49-21-19-48(20-22-49)27-15-17-47(18-16-27)28-6-10-31-32(23-28)41(55)50(40(31)54)35-12-14-37(51)44-39(35)53/h1,3,6-7,10-11,13,23-24,26-27,29,35H,4-5,8-9,12,14-22H2,(H,43,52)(H,44,51,53). The lowest BCUT2D eigenvalue weighted by Gasteiger charge is -2.43. The maximum atomic E-state index is 13.3. The third-order valence-electron chi connectivity index (χ3n) is 11.7. The van der Waals surface area contributed by atoms with Crippen LogP contribution in [0.4, 0.5) is 11.5 Å². The molecule has 2 aromatic carbocycles. The van der Waals surface area contributed by atoms with Crippen molar-refractivity contribution >= 4 is 52.6 Å². The summed E-state index contributed by atoms with van der Waals surface area (Å²) >= 11 is 6.22. The summed E-state index contributed by atoms with van der Waals surface area (Å²) in [7, 11) is 0. The van der Waals surface area contributed by atoms with Gasteiger partial charge in [0.1, 0.15) is 11.8 Å². The largest absolute Gasteiger partial charge is 0.490 e. The predicted octanol–water partition coefficient (Wildman–Crippen LogP) is 3.42. The number of aromatic nitrogens is 2. The number of carbonyl (C=O) groups excluding carboxylic acids is 5. The van der Waals surface area contributed by atoms with E-state index in [-0.39, 0.29) is 36.5 Å². The number of nitrogens with one attached hydrogen (secondary N) is 2. The third-order valence-corrected chi connectivity index (χ3v) is 12.0. The number of benzene rings is 2. The van der Waals surface area contributed by atoms with Gasteiger partial charge in [-0.2, -0.15) is 0 Å². The molecule has 1 saturated carbocycles. The van der Waals surface area contributed by atoms with Crippen LogP contribution in [0.25, 0.3) is 0 Å². The summed E-state index contributed by atoms with van der Waals surface area (Å²) in [6, 6.07) is 13.8. The SMILES string of the molecule is C#Cc1ccc(OC2CCC(NC(=O)c3ccc(N4CCN(C5CCN(c6ccc7c(c6)C(=O)N(C6CCC(=O)NC6=O)C7=O)CC5)CC4)nn3)CC2)cc1Cl. The van der Waals surface area contributed by atoms with Crippen molar-refractivity contribution in [1.29, 1.82) is 0 Å². The Morgan fingerprint density at radius 3 is 2.25 bits per heavy atom. The molecule has 4 aliphatic heterocycles. The van der Waals surface area contributed by atoms with Crippen molar-refractivity contribution in [3.8, 4) is 18.1 Å². The molecule has 1 aromatic heterocycles. The zero-order valence-electron chi connectivity index (χ0n) is 30.9. The molecule has 5 heterocycles. The summed E-state index contributed by atoms with van der Waals surface area (Å²) in [6.07, 6.45) is 10.8. The molecule has 0 bridgehead atoms. The second-order valence-corrected chi connectivity index (χ2v) is 15.5. The monoisotopic (exact) mass is 778 g/mol. The molecule has 56 heavy (non-hydrogen) atoms. The molecule has 5 aliphatic rings. The van der Waals surface area contributed by atoms with Crippen LogP contribution in [-0.4, -0.2) is 113 Å². The van der Waals surface area contributed by atoms with Gasteiger partial charge >= 0.3 is 0 Å². The van der Waals surface area contributed by atoms with Crippen LogP contribution in [0.5, 0.6) is 5.75 Å². The number of imide groups is 2. The molecule has 1 atom stereocenters. The van der Waals surface area contributed by atoms with Crippen molar-refractivity contribution in [3.05, 3.63) is 75.9 Å². The minimum atomic E-state index is -0.979. The number of hydrogen-bond acceptors (Lipinski definition) is 11. The number of anilines is 2. The fourth-order valence-electron chi connectivity index (χ4n) is 8.54. The molecular weight excluding hydrogens is 736 g/mol. The molecule has 3 saturated heterocycles. The molecule has 1 aliphatic carbocycles. The average molecular weight is 779 g/mol. The molecule has 15 heteroatoms. The van der Waals surface area contributed by atoms with Crippen LogP contribution < -0.4 is 25.2 Å². The Kier molecular flexibility index (Phi) is 10.6. The van der Waals surface area contributed by atoms with E-state index in [2.05, 4.69) is 41.5 Å². The number of ether oxygens (including phenoxy) is 1. The predicted molar refractivity (Wildman–Crippen MR) is 208 cm³/mol. The van der Waals surface area contributed by atoms with Gasteiger partial charge in [-0.1, -0.05) is 17.5 Å². The lowest BCUT2D eigenvalue weighted by Crippen LogP contribution is -2.54. The smallest absolute Gasteiger partial charge is 0.272 e. The fourth-order valence-corrected chi connectivity index (χ4v) is 8.76. The highest BCUT2D eigenvalue weighted by atomic mass is 35.5. The first kappa shape index (κ1) is 37.4. The molecule has 0 radical (unpaired) electrons. The molecule has 14 nitrogen and oxygen atoms in total. The van der Waals surface area contributed by atoms with E-state index in [4.69, 9.17) is 22.8 Å². The van der Waals surface area contributed by atoms with Gasteiger partial charge in [0.2, 0.25) is 11.8 Å². The first-order chi connectivity index (χ1) is 27.1. The van der Waals surface area contributed by atoms with Crippen LogP contribution in [0.15, 0.2) is 48.5 Å². The van der Waals surface area contributed by atoms with E-state index in [0.29, 0.717) is 33.6 Å². The van der Waals surface area contributed by atoms with Crippen molar-refractivity contribution in [2.24, 2.45) is 0 Å². The first-order valence-electron chi connectivity index (χ1n) is 19.3. The topological polar surface area (TPSA) is 157 Å². The normalized spacial score (nSPS) is 23.4. The Balaban J connectivity index is 0.772. The molecular formula is C41H43ClN8O6. The quantitative estimate of drug-likeness (QED) is 0.255. The summed E-state index contributed by atoms with van der Waals surface area (Å²) < 4.78 is 6.11. The highest BCUT2D eigenvalue weighted by Gasteiger charge is 2.45. The summed E-state index contributed by atoms with van der Waals surface area (Å²) in [5.74, 6) is 1.77. The molecule has 2 N–H and O–H groups in total. The molecule has 0 spiro atoms. The van der Waals surface area contributed by atoms with Crippen molar-refractivity contribution in [2.45, 2.75) is 75.6 Å². The first-order valence-corrected chi connectivity index (χ1v) is 19.7. The van der Waals surface area contributed by atoms with Gasteiger partial charge in [0.25, 0.3) is 17.7 Å². The number of nitrogens with zero attached hydrogens (tertiary/aromatic N) is 6. The number of piperidine rings is 2. The molecule has 290 valence electrons. The number of rotatable bonds is 8. The van der Waals surface area contributed by atoms with Gasteiger partial charge in [-0.25, -0.2) is 0 Å². The van der Waals surface area contributed by atoms with Crippen molar-refractivity contribution in [1.82, 2.24) is 30.6 Å². The van der Waals surface area contributed by atoms with Crippen LogP contribution >= 0.6 is 11.6 Å². The Morgan fingerprint density at radius 2 is 1.57 bits per heavy atom. The molecule has 3 aromatic rings. The van der Waals surface area contributed by atoms with E-state index in [1.807, 2.05) is 18.2 Å². The van der Waals surface area contributed by atoms with E-state index in [9.17, 15) is 24.0 Å². The molecule has 4 fully saturated rings. The van der Waals surface area contributed by atoms with Gasteiger partial charge in [-0.05, 0) is 87.4 Å². The summed E-state index contributed by atoms with van der Waals surface area (Å²) in [5.41, 5.74) is 2.39. The minimum absolute atomic E-state index is 0.0391. The lowest BCUT2D eigenvalue weighted by molar-refractivity contribution is -0.136. The molecule has 1 unspecified atom stereocenters. The van der Waals surface area contributed by atoms with Crippen molar-refractivity contribution < 1.29 is 28.7 Å².